The van der Waals surface area contributed by atoms with Crippen molar-refractivity contribution in [1.82, 2.24) is 10.5 Å². The highest BCUT2D eigenvalue weighted by atomic mass is 32.2. The van der Waals surface area contributed by atoms with Crippen LogP contribution in [0.2, 0.25) is 0 Å². The van der Waals surface area contributed by atoms with E-state index in [4.69, 9.17) is 9.57 Å². The van der Waals surface area contributed by atoms with Gasteiger partial charge in [0.15, 0.2) is 0 Å². The van der Waals surface area contributed by atoms with Gasteiger partial charge in [-0.25, -0.2) is 8.42 Å². The normalized spacial score (nSPS) is 11.1. The summed E-state index contributed by atoms with van der Waals surface area (Å²) in [5, 5.41) is 9.70. The largest absolute Gasteiger partial charge is 0.494 e. The van der Waals surface area contributed by atoms with Crippen molar-refractivity contribution in [3.05, 3.63) is 111 Å². The molecule has 0 aliphatic rings. The molecule has 0 bridgehead atoms. The van der Waals surface area contributed by atoms with Gasteiger partial charge in [-0.1, -0.05) is 60.4 Å². The van der Waals surface area contributed by atoms with Gasteiger partial charge in [0, 0.05) is 12.1 Å². The molecule has 0 amide bonds. The molecular weight excluding hydrogens is 514 g/mol. The van der Waals surface area contributed by atoms with Gasteiger partial charge in [-0.3, -0.25) is 24.8 Å². The molecule has 0 radical (unpaired) electrons. The fourth-order valence-electron chi connectivity index (χ4n) is 3.31. The van der Waals surface area contributed by atoms with Crippen molar-refractivity contribution in [2.45, 2.75) is 11.3 Å². The summed E-state index contributed by atoms with van der Waals surface area (Å²) in [6.45, 7) is 4.47. The number of hydrogen-bond donors (Lipinski definition) is 4. The van der Waals surface area contributed by atoms with Gasteiger partial charge in [0.25, 0.3) is 10.0 Å². The number of rotatable bonds is 12. The Bertz CT molecular complexity index is 1500. The molecular formula is C26H25N3O6S2. The van der Waals surface area contributed by atoms with Gasteiger partial charge in [-0.05, 0) is 47.5 Å². The molecule has 0 spiro atoms. The predicted molar refractivity (Wildman–Crippen MR) is 143 cm³/mol. The number of hydrogen-bond acceptors (Lipinski definition) is 8. The molecule has 37 heavy (non-hydrogen) atoms. The molecule has 0 saturated carbocycles. The summed E-state index contributed by atoms with van der Waals surface area (Å²) in [6.07, 6.45) is 0.449. The van der Waals surface area contributed by atoms with E-state index in [1.54, 1.807) is 42.5 Å². The van der Waals surface area contributed by atoms with Gasteiger partial charge >= 0.3 is 4.87 Å². The maximum Gasteiger partial charge on any atom is 0.307 e. The fraction of sp³-hybridized carbons (Fsp3) is 0.115. The molecule has 0 unspecified atom stereocenters. The Balaban J connectivity index is 1.18. The maximum atomic E-state index is 12.4. The molecule has 4 rings (SSSR count). The second-order valence-electron chi connectivity index (χ2n) is 7.88. The van der Waals surface area contributed by atoms with Crippen molar-refractivity contribution >= 4 is 32.7 Å². The van der Waals surface area contributed by atoms with Crippen molar-refractivity contribution in [1.29, 1.82) is 0 Å². The zero-order valence-corrected chi connectivity index (χ0v) is 21.3. The van der Waals surface area contributed by atoms with E-state index >= 15 is 0 Å². The molecule has 0 saturated heterocycles. The third kappa shape index (κ3) is 7.23. The Morgan fingerprint density at radius 1 is 0.973 bits per heavy atom. The van der Waals surface area contributed by atoms with Crippen LogP contribution in [0.15, 0.2) is 95.1 Å². The lowest BCUT2D eigenvalue weighted by atomic mass is 10.1. The number of aromatic nitrogens is 1. The SMILES string of the molecule is C=C(NOCCOc1ccc(Cc2sc(=O)[nH]c2O)cc1)c1ccc(NS(=O)(=O)c2ccccc2)cc1. The summed E-state index contributed by atoms with van der Waals surface area (Å²) < 4.78 is 33.1. The van der Waals surface area contributed by atoms with Crippen LogP contribution in [0.25, 0.3) is 5.70 Å². The van der Waals surface area contributed by atoms with Crippen LogP contribution in [0.4, 0.5) is 5.69 Å². The average Bonchev–Trinajstić information content (AvgIpc) is 3.21. The quantitative estimate of drug-likeness (QED) is 0.158. The lowest BCUT2D eigenvalue weighted by molar-refractivity contribution is 0.0541. The first-order valence-electron chi connectivity index (χ1n) is 11.2. The zero-order valence-electron chi connectivity index (χ0n) is 19.6. The number of sulfonamides is 1. The molecule has 0 atom stereocenters. The summed E-state index contributed by atoms with van der Waals surface area (Å²) >= 11 is 0.985. The van der Waals surface area contributed by atoms with Crippen molar-refractivity contribution in [3.63, 3.8) is 0 Å². The first-order valence-corrected chi connectivity index (χ1v) is 13.5. The minimum atomic E-state index is -3.66. The highest BCUT2D eigenvalue weighted by molar-refractivity contribution is 7.92. The number of nitrogens with one attached hydrogen (secondary N) is 3. The number of aromatic hydroxyl groups is 1. The monoisotopic (exact) mass is 539 g/mol. The Hall–Kier alpha value is -4.06. The molecule has 0 aliphatic carbocycles. The number of hydroxylamine groups is 1. The van der Waals surface area contributed by atoms with Crippen molar-refractivity contribution in [2.75, 3.05) is 17.9 Å². The molecule has 4 N–H and O–H groups in total. The van der Waals surface area contributed by atoms with Crippen molar-refractivity contribution in [3.8, 4) is 11.6 Å². The Kier molecular flexibility index (Phi) is 8.29. The van der Waals surface area contributed by atoms with Crippen LogP contribution in [0, 0.1) is 0 Å². The summed E-state index contributed by atoms with van der Waals surface area (Å²) in [6, 6.07) is 22.2. The van der Waals surface area contributed by atoms with Gasteiger partial charge in [0.1, 0.15) is 19.0 Å². The van der Waals surface area contributed by atoms with Gasteiger partial charge in [-0.2, -0.15) is 0 Å². The minimum Gasteiger partial charge on any atom is -0.494 e. The van der Waals surface area contributed by atoms with E-state index in [2.05, 4.69) is 21.8 Å². The van der Waals surface area contributed by atoms with Gasteiger partial charge < -0.3 is 9.84 Å². The lowest BCUT2D eigenvalue weighted by Gasteiger charge is -2.12. The summed E-state index contributed by atoms with van der Waals surface area (Å²) in [7, 11) is -3.66. The van der Waals surface area contributed by atoms with E-state index in [-0.39, 0.29) is 22.3 Å². The van der Waals surface area contributed by atoms with Crippen molar-refractivity contribution < 1.29 is 23.1 Å². The number of H-pyrrole nitrogens is 1. The van der Waals surface area contributed by atoms with Crippen molar-refractivity contribution in [2.24, 2.45) is 0 Å². The van der Waals surface area contributed by atoms with Gasteiger partial charge in [-0.15, -0.1) is 0 Å². The molecule has 3 aromatic carbocycles. The first-order chi connectivity index (χ1) is 17.8. The third-order valence-electron chi connectivity index (χ3n) is 5.18. The second kappa shape index (κ2) is 11.8. The fourth-order valence-corrected chi connectivity index (χ4v) is 5.15. The molecule has 1 aromatic heterocycles. The van der Waals surface area contributed by atoms with E-state index in [0.29, 0.717) is 35.0 Å². The summed E-state index contributed by atoms with van der Waals surface area (Å²) in [5.41, 5.74) is 5.37. The smallest absolute Gasteiger partial charge is 0.307 e. The van der Waals surface area contributed by atoms with Crippen LogP contribution >= 0.6 is 11.3 Å². The Morgan fingerprint density at radius 3 is 2.32 bits per heavy atom. The van der Waals surface area contributed by atoms with E-state index in [0.717, 1.165) is 22.5 Å². The first kappa shape index (κ1) is 26.0. The third-order valence-corrected chi connectivity index (χ3v) is 7.45. The summed E-state index contributed by atoms with van der Waals surface area (Å²) in [5.74, 6) is 0.566. The predicted octanol–water partition coefficient (Wildman–Crippen LogP) is 4.10. The Morgan fingerprint density at radius 2 is 1.68 bits per heavy atom. The highest BCUT2D eigenvalue weighted by Gasteiger charge is 2.13. The van der Waals surface area contributed by atoms with Crippen LogP contribution < -0.4 is 19.8 Å². The molecule has 11 heteroatoms. The summed E-state index contributed by atoms with van der Waals surface area (Å²) in [4.78, 5) is 19.5. The number of thiazole rings is 1. The lowest BCUT2D eigenvalue weighted by Crippen LogP contribution is -2.17. The van der Waals surface area contributed by atoms with Crippen LogP contribution in [0.5, 0.6) is 11.6 Å². The van der Waals surface area contributed by atoms with E-state index in [1.165, 1.54) is 12.1 Å². The number of aromatic amines is 1. The molecule has 1 heterocycles. The minimum absolute atomic E-state index is 0.0924. The zero-order chi connectivity index (χ0) is 26.3. The number of benzene rings is 3. The highest BCUT2D eigenvalue weighted by Crippen LogP contribution is 2.22. The van der Waals surface area contributed by atoms with Crippen LogP contribution in [0.1, 0.15) is 16.0 Å². The van der Waals surface area contributed by atoms with Crippen LogP contribution in [-0.2, 0) is 21.3 Å². The topological polar surface area (TPSA) is 130 Å². The van der Waals surface area contributed by atoms with E-state index in [9.17, 15) is 18.3 Å². The second-order valence-corrected chi connectivity index (χ2v) is 10.6. The molecule has 4 aromatic rings. The Labute approximate surface area is 218 Å². The molecule has 192 valence electrons. The average molecular weight is 540 g/mol. The van der Waals surface area contributed by atoms with Gasteiger partial charge in [0.2, 0.25) is 5.88 Å². The molecule has 0 fully saturated rings. The number of ether oxygens (including phenoxy) is 1. The van der Waals surface area contributed by atoms with Crippen LogP contribution in [0.3, 0.4) is 0 Å². The van der Waals surface area contributed by atoms with Crippen LogP contribution in [-0.4, -0.2) is 31.7 Å². The number of anilines is 1. The van der Waals surface area contributed by atoms with E-state index < -0.39 is 10.0 Å². The van der Waals surface area contributed by atoms with E-state index in [1.807, 2.05) is 24.3 Å². The molecule has 9 nitrogen and oxygen atoms in total. The molecule has 0 aliphatic heterocycles. The maximum absolute atomic E-state index is 12.4. The standard InChI is InChI=1S/C26H25N3O6S2/c1-18(20-9-11-21(12-10-20)29-37(32,33)23-5-3-2-4-6-23)28-35-16-15-34-22-13-7-19(8-14-22)17-24-25(30)27-26(31)36-24/h2-14,28-30H,1,15-17H2,(H,27,31). The van der Waals surface area contributed by atoms with Gasteiger partial charge in [0.05, 0.1) is 15.5 Å².